The SMILES string of the molecule is COc1ccc(C(CN=C(N)NC2CCCCCC2)N2CCOCC2)cc1OC. The zero-order valence-electron chi connectivity index (χ0n) is 17.9. The van der Waals surface area contributed by atoms with E-state index in [4.69, 9.17) is 24.9 Å². The van der Waals surface area contributed by atoms with Gasteiger partial charge in [-0.25, -0.2) is 0 Å². The molecule has 162 valence electrons. The molecule has 2 aliphatic rings. The molecule has 1 aliphatic carbocycles. The number of guanidine groups is 1. The van der Waals surface area contributed by atoms with Crippen LogP contribution in [0, 0.1) is 0 Å². The van der Waals surface area contributed by atoms with E-state index in [1.54, 1.807) is 14.2 Å². The first-order chi connectivity index (χ1) is 14.2. The van der Waals surface area contributed by atoms with Crippen molar-refractivity contribution in [1.82, 2.24) is 10.2 Å². The molecule has 0 radical (unpaired) electrons. The number of morpholine rings is 1. The molecule has 1 atom stereocenters. The minimum absolute atomic E-state index is 0.119. The van der Waals surface area contributed by atoms with E-state index in [0.29, 0.717) is 18.5 Å². The van der Waals surface area contributed by atoms with E-state index < -0.39 is 0 Å². The lowest BCUT2D eigenvalue weighted by molar-refractivity contribution is 0.0179. The third kappa shape index (κ3) is 6.24. The summed E-state index contributed by atoms with van der Waals surface area (Å²) in [4.78, 5) is 7.14. The number of benzene rings is 1. The molecule has 1 unspecified atom stereocenters. The second-order valence-electron chi connectivity index (χ2n) is 7.84. The topological polar surface area (TPSA) is 81.3 Å². The van der Waals surface area contributed by atoms with E-state index in [-0.39, 0.29) is 6.04 Å². The van der Waals surface area contributed by atoms with Gasteiger partial charge in [0.2, 0.25) is 0 Å². The van der Waals surface area contributed by atoms with Gasteiger partial charge in [-0.15, -0.1) is 0 Å². The van der Waals surface area contributed by atoms with Crippen LogP contribution in [-0.2, 0) is 4.74 Å². The van der Waals surface area contributed by atoms with Crippen molar-refractivity contribution in [3.05, 3.63) is 23.8 Å². The van der Waals surface area contributed by atoms with Crippen LogP contribution >= 0.6 is 0 Å². The van der Waals surface area contributed by atoms with Gasteiger partial charge in [-0.1, -0.05) is 31.7 Å². The van der Waals surface area contributed by atoms with Crippen LogP contribution in [0.25, 0.3) is 0 Å². The molecule has 0 amide bonds. The van der Waals surface area contributed by atoms with Crippen LogP contribution in [0.15, 0.2) is 23.2 Å². The number of nitrogens with zero attached hydrogens (tertiary/aromatic N) is 2. The van der Waals surface area contributed by atoms with Gasteiger partial charge in [-0.3, -0.25) is 9.89 Å². The van der Waals surface area contributed by atoms with Crippen LogP contribution in [0.2, 0.25) is 0 Å². The first kappa shape index (κ1) is 21.7. The summed E-state index contributed by atoms with van der Waals surface area (Å²) in [5.74, 6) is 2.02. The number of rotatable bonds is 7. The predicted molar refractivity (Wildman–Crippen MR) is 116 cm³/mol. The fourth-order valence-electron chi connectivity index (χ4n) is 4.24. The maximum Gasteiger partial charge on any atom is 0.188 e. The molecular formula is C22H36N4O3. The highest BCUT2D eigenvalue weighted by atomic mass is 16.5. The first-order valence-corrected chi connectivity index (χ1v) is 10.8. The summed E-state index contributed by atoms with van der Waals surface area (Å²) in [6, 6.07) is 6.66. The summed E-state index contributed by atoms with van der Waals surface area (Å²) in [5.41, 5.74) is 7.41. The number of ether oxygens (including phenoxy) is 3. The number of hydrogen-bond donors (Lipinski definition) is 2. The molecule has 3 rings (SSSR count). The highest BCUT2D eigenvalue weighted by Crippen LogP contribution is 2.32. The Morgan fingerprint density at radius 2 is 1.83 bits per heavy atom. The number of nitrogens with one attached hydrogen (secondary N) is 1. The van der Waals surface area contributed by atoms with Crippen LogP contribution in [0.3, 0.4) is 0 Å². The monoisotopic (exact) mass is 404 g/mol. The second-order valence-corrected chi connectivity index (χ2v) is 7.84. The Morgan fingerprint density at radius 3 is 2.48 bits per heavy atom. The summed E-state index contributed by atoms with van der Waals surface area (Å²) in [6.07, 6.45) is 7.55. The highest BCUT2D eigenvalue weighted by Gasteiger charge is 2.24. The fourth-order valence-corrected chi connectivity index (χ4v) is 4.24. The zero-order chi connectivity index (χ0) is 20.5. The summed E-state index contributed by atoms with van der Waals surface area (Å²) >= 11 is 0. The van der Waals surface area contributed by atoms with Gasteiger partial charge in [0.1, 0.15) is 0 Å². The van der Waals surface area contributed by atoms with Gasteiger partial charge in [-0.2, -0.15) is 0 Å². The average molecular weight is 405 g/mol. The Hall–Kier alpha value is -1.99. The van der Waals surface area contributed by atoms with Crippen LogP contribution in [0.4, 0.5) is 0 Å². The Bertz CT molecular complexity index is 653. The summed E-state index contributed by atoms with van der Waals surface area (Å²) in [5, 5.41) is 3.45. The Balaban J connectivity index is 1.73. The lowest BCUT2D eigenvalue weighted by atomic mass is 10.0. The molecule has 0 bridgehead atoms. The predicted octanol–water partition coefficient (Wildman–Crippen LogP) is 2.70. The van der Waals surface area contributed by atoms with Gasteiger partial charge in [0, 0.05) is 19.1 Å². The molecule has 2 fully saturated rings. The summed E-state index contributed by atoms with van der Waals surface area (Å²) in [7, 11) is 3.32. The second kappa shape index (κ2) is 11.3. The van der Waals surface area contributed by atoms with Crippen molar-refractivity contribution < 1.29 is 14.2 Å². The first-order valence-electron chi connectivity index (χ1n) is 10.8. The summed E-state index contributed by atoms with van der Waals surface area (Å²) in [6.45, 7) is 3.84. The molecule has 1 aromatic rings. The van der Waals surface area contributed by atoms with E-state index >= 15 is 0 Å². The van der Waals surface area contributed by atoms with Gasteiger partial charge >= 0.3 is 0 Å². The molecule has 3 N–H and O–H groups in total. The number of nitrogens with two attached hydrogens (primary N) is 1. The van der Waals surface area contributed by atoms with Gasteiger partial charge in [0.05, 0.1) is 40.0 Å². The largest absolute Gasteiger partial charge is 0.493 e. The maximum atomic E-state index is 6.26. The van der Waals surface area contributed by atoms with Crippen LogP contribution in [-0.4, -0.2) is 64.0 Å². The number of hydrogen-bond acceptors (Lipinski definition) is 5. The van der Waals surface area contributed by atoms with E-state index in [1.165, 1.54) is 38.5 Å². The van der Waals surface area contributed by atoms with Gasteiger partial charge in [-0.05, 0) is 30.5 Å². The maximum absolute atomic E-state index is 6.26. The van der Waals surface area contributed by atoms with Crippen molar-refractivity contribution >= 4 is 5.96 Å². The number of aliphatic imine (C=N–C) groups is 1. The van der Waals surface area contributed by atoms with Crippen molar-refractivity contribution in [1.29, 1.82) is 0 Å². The summed E-state index contributed by atoms with van der Waals surface area (Å²) < 4.78 is 16.5. The lowest BCUT2D eigenvalue weighted by Gasteiger charge is -2.34. The normalized spacial score (nSPS) is 20.7. The van der Waals surface area contributed by atoms with Gasteiger partial charge < -0.3 is 25.3 Å². The van der Waals surface area contributed by atoms with Crippen molar-refractivity contribution in [2.75, 3.05) is 47.1 Å². The smallest absolute Gasteiger partial charge is 0.188 e. The molecule has 29 heavy (non-hydrogen) atoms. The quantitative estimate of drug-likeness (QED) is 0.413. The van der Waals surface area contributed by atoms with Gasteiger partial charge in [0.25, 0.3) is 0 Å². The Morgan fingerprint density at radius 1 is 1.14 bits per heavy atom. The zero-order valence-corrected chi connectivity index (χ0v) is 17.9. The molecule has 0 spiro atoms. The van der Waals surface area contributed by atoms with Crippen LogP contribution < -0.4 is 20.5 Å². The molecular weight excluding hydrogens is 368 g/mol. The highest BCUT2D eigenvalue weighted by molar-refractivity contribution is 5.78. The minimum atomic E-state index is 0.119. The van der Waals surface area contributed by atoms with E-state index in [9.17, 15) is 0 Å². The molecule has 1 saturated heterocycles. The van der Waals surface area contributed by atoms with E-state index in [0.717, 1.165) is 43.4 Å². The molecule has 1 saturated carbocycles. The molecule has 1 heterocycles. The molecule has 1 aromatic carbocycles. The Labute approximate surface area is 174 Å². The molecule has 1 aliphatic heterocycles. The fraction of sp³-hybridized carbons (Fsp3) is 0.682. The van der Waals surface area contributed by atoms with Crippen molar-refractivity contribution in [3.63, 3.8) is 0 Å². The molecule has 7 nitrogen and oxygen atoms in total. The standard InChI is InChI=1S/C22H36N4O3/c1-27-20-10-9-17(15-21(20)28-2)19(26-11-13-29-14-12-26)16-24-22(23)25-18-7-5-3-4-6-8-18/h9-10,15,18-19H,3-8,11-14,16H2,1-2H3,(H3,23,24,25). The minimum Gasteiger partial charge on any atom is -0.493 e. The molecule has 0 aromatic heterocycles. The molecule has 7 heteroatoms. The van der Waals surface area contributed by atoms with Crippen LogP contribution in [0.5, 0.6) is 11.5 Å². The van der Waals surface area contributed by atoms with Crippen molar-refractivity contribution in [2.45, 2.75) is 50.6 Å². The average Bonchev–Trinajstić information content (AvgIpc) is 3.03. The van der Waals surface area contributed by atoms with Crippen molar-refractivity contribution in [3.8, 4) is 11.5 Å². The van der Waals surface area contributed by atoms with Gasteiger partial charge in [0.15, 0.2) is 17.5 Å². The third-order valence-electron chi connectivity index (χ3n) is 5.92. The third-order valence-corrected chi connectivity index (χ3v) is 5.92. The van der Waals surface area contributed by atoms with Crippen molar-refractivity contribution in [2.24, 2.45) is 10.7 Å². The van der Waals surface area contributed by atoms with E-state index in [1.807, 2.05) is 12.1 Å². The van der Waals surface area contributed by atoms with Crippen LogP contribution in [0.1, 0.15) is 50.1 Å². The number of methoxy groups -OCH3 is 2. The lowest BCUT2D eigenvalue weighted by Crippen LogP contribution is -2.42. The Kier molecular flexibility index (Phi) is 8.43. The van der Waals surface area contributed by atoms with E-state index in [2.05, 4.69) is 16.3 Å².